The second kappa shape index (κ2) is 7.21. The van der Waals surface area contributed by atoms with E-state index < -0.39 is 0 Å². The number of aryl methyl sites for hydroxylation is 3. The van der Waals surface area contributed by atoms with Crippen molar-refractivity contribution in [2.75, 3.05) is 0 Å². The molecule has 31 heavy (non-hydrogen) atoms. The fourth-order valence-electron chi connectivity index (χ4n) is 4.34. The summed E-state index contributed by atoms with van der Waals surface area (Å²) in [6.07, 6.45) is 1.94. The van der Waals surface area contributed by atoms with E-state index in [-0.39, 0.29) is 5.41 Å². The van der Waals surface area contributed by atoms with Crippen LogP contribution in [-0.2, 0) is 12.5 Å². The highest BCUT2D eigenvalue weighted by molar-refractivity contribution is 7.19. The molecular weight excluding hydrogens is 418 g/mol. The molecule has 0 unspecified atom stereocenters. The zero-order chi connectivity index (χ0) is 21.9. The average Bonchev–Trinajstić information content (AvgIpc) is 3.34. The summed E-state index contributed by atoms with van der Waals surface area (Å²) in [5.74, 6) is 0. The normalized spacial score (nSPS) is 12.2. The van der Waals surface area contributed by atoms with Gasteiger partial charge in [0.15, 0.2) is 5.69 Å². The smallest absolute Gasteiger partial charge is 0.241 e. The molecule has 0 bridgehead atoms. The number of fused-ring (bicyclic) bond motifs is 2. The minimum absolute atomic E-state index is 0.0474. The first-order chi connectivity index (χ1) is 14.8. The highest BCUT2D eigenvalue weighted by atomic mass is 32.1. The van der Waals surface area contributed by atoms with Gasteiger partial charge in [0.2, 0.25) is 5.52 Å². The summed E-state index contributed by atoms with van der Waals surface area (Å²) in [6.45, 7) is 11.2. The van der Waals surface area contributed by atoms with Crippen molar-refractivity contribution in [2.45, 2.75) is 40.0 Å². The summed E-state index contributed by atoms with van der Waals surface area (Å²) < 4.78 is 3.38. The van der Waals surface area contributed by atoms with Gasteiger partial charge in [-0.2, -0.15) is 0 Å². The van der Waals surface area contributed by atoms with Crippen LogP contribution in [0.3, 0.4) is 0 Å². The molecule has 0 N–H and O–H groups in total. The Morgan fingerprint density at radius 3 is 2.35 bits per heavy atom. The van der Waals surface area contributed by atoms with E-state index >= 15 is 0 Å². The molecule has 5 aromatic rings. The first-order valence-corrected chi connectivity index (χ1v) is 12.2. The topological polar surface area (TPSA) is 29.7 Å². The van der Waals surface area contributed by atoms with Crippen LogP contribution >= 0.6 is 22.7 Å². The Balaban J connectivity index is 1.85. The van der Waals surface area contributed by atoms with Gasteiger partial charge >= 0.3 is 0 Å². The third-order valence-electron chi connectivity index (χ3n) is 5.92. The zero-order valence-electron chi connectivity index (χ0n) is 18.8. The van der Waals surface area contributed by atoms with Crippen LogP contribution in [0.25, 0.3) is 42.8 Å². The maximum atomic E-state index is 4.82. The van der Waals surface area contributed by atoms with Crippen LogP contribution in [0.5, 0.6) is 0 Å². The van der Waals surface area contributed by atoms with Gasteiger partial charge in [-0.1, -0.05) is 45.0 Å². The Morgan fingerprint density at radius 1 is 0.935 bits per heavy atom. The van der Waals surface area contributed by atoms with Crippen molar-refractivity contribution in [3.05, 3.63) is 64.2 Å². The summed E-state index contributed by atoms with van der Waals surface area (Å²) >= 11 is 3.45. The van der Waals surface area contributed by atoms with E-state index in [1.807, 2.05) is 13.3 Å². The summed E-state index contributed by atoms with van der Waals surface area (Å²) in [5, 5.41) is 8.02. The minimum atomic E-state index is 0.0474. The van der Waals surface area contributed by atoms with Gasteiger partial charge in [0.1, 0.15) is 9.71 Å². The molecule has 0 amide bonds. The molecule has 0 atom stereocenters. The lowest BCUT2D eigenvalue weighted by Crippen LogP contribution is -2.31. The van der Waals surface area contributed by atoms with Crippen molar-refractivity contribution in [2.24, 2.45) is 7.05 Å². The van der Waals surface area contributed by atoms with E-state index in [1.54, 1.807) is 22.7 Å². The van der Waals surface area contributed by atoms with E-state index in [0.29, 0.717) is 0 Å². The Morgan fingerprint density at radius 2 is 1.68 bits per heavy atom. The summed E-state index contributed by atoms with van der Waals surface area (Å²) in [5.41, 5.74) is 8.47. The van der Waals surface area contributed by atoms with Crippen molar-refractivity contribution >= 4 is 43.7 Å². The zero-order valence-corrected chi connectivity index (χ0v) is 20.4. The molecule has 0 saturated heterocycles. The fraction of sp³-hybridized carbons (Fsp3) is 0.269. The highest BCUT2D eigenvalue weighted by Crippen LogP contribution is 2.42. The van der Waals surface area contributed by atoms with Gasteiger partial charge < -0.3 is 0 Å². The third-order valence-corrected chi connectivity index (χ3v) is 7.89. The van der Waals surface area contributed by atoms with Gasteiger partial charge in [0, 0.05) is 22.0 Å². The molecule has 0 fully saturated rings. The maximum Gasteiger partial charge on any atom is 0.287 e. The first kappa shape index (κ1) is 20.3. The Labute approximate surface area is 191 Å². The SMILES string of the molecule is Cc1csc(-c2csc3c(-c4cc(C(C)(C)C)c5ccccc5c4C)[n+](C)cnc23)n1. The minimum Gasteiger partial charge on any atom is -0.241 e. The van der Waals surface area contributed by atoms with Crippen LogP contribution in [0.2, 0.25) is 0 Å². The summed E-state index contributed by atoms with van der Waals surface area (Å²) in [7, 11) is 2.10. The number of hydrogen-bond donors (Lipinski definition) is 0. The number of thiazole rings is 1. The van der Waals surface area contributed by atoms with Crippen LogP contribution in [0.1, 0.15) is 37.6 Å². The van der Waals surface area contributed by atoms with Gasteiger partial charge in [-0.25, -0.2) is 9.55 Å². The van der Waals surface area contributed by atoms with E-state index in [2.05, 4.69) is 80.4 Å². The second-order valence-electron chi connectivity index (χ2n) is 9.22. The van der Waals surface area contributed by atoms with Crippen LogP contribution in [0.15, 0.2) is 47.4 Å². The summed E-state index contributed by atoms with van der Waals surface area (Å²) in [6, 6.07) is 11.2. The van der Waals surface area contributed by atoms with Crippen molar-refractivity contribution in [1.82, 2.24) is 9.97 Å². The molecule has 3 nitrogen and oxygen atoms in total. The predicted octanol–water partition coefficient (Wildman–Crippen LogP) is 6.98. The van der Waals surface area contributed by atoms with E-state index in [1.165, 1.54) is 37.9 Å². The molecule has 0 radical (unpaired) electrons. The second-order valence-corrected chi connectivity index (χ2v) is 11.0. The van der Waals surface area contributed by atoms with Gasteiger partial charge in [-0.05, 0) is 52.2 Å². The Bertz CT molecular complexity index is 1450. The van der Waals surface area contributed by atoms with Crippen LogP contribution in [0, 0.1) is 13.8 Å². The predicted molar refractivity (Wildman–Crippen MR) is 133 cm³/mol. The lowest BCUT2D eigenvalue weighted by atomic mass is 9.80. The monoisotopic (exact) mass is 444 g/mol. The molecule has 0 aliphatic rings. The average molecular weight is 445 g/mol. The fourth-order valence-corrected chi connectivity index (χ4v) is 6.33. The molecule has 0 aliphatic carbocycles. The van der Waals surface area contributed by atoms with Crippen LogP contribution < -0.4 is 4.57 Å². The number of rotatable bonds is 2. The van der Waals surface area contributed by atoms with Crippen molar-refractivity contribution in [3.8, 4) is 21.8 Å². The number of aromatic nitrogens is 3. The molecule has 3 aromatic heterocycles. The molecule has 5 rings (SSSR count). The molecule has 0 aliphatic heterocycles. The third kappa shape index (κ3) is 3.27. The highest BCUT2D eigenvalue weighted by Gasteiger charge is 2.26. The van der Waals surface area contributed by atoms with Crippen molar-refractivity contribution < 1.29 is 4.57 Å². The lowest BCUT2D eigenvalue weighted by Gasteiger charge is -2.24. The van der Waals surface area contributed by atoms with Gasteiger partial charge in [0.05, 0.1) is 12.6 Å². The maximum absolute atomic E-state index is 4.82. The molecular formula is C26H26N3S2+. The Hall–Kier alpha value is -2.63. The number of nitrogens with zero attached hydrogens (tertiary/aromatic N) is 3. The molecule has 156 valence electrons. The van der Waals surface area contributed by atoms with Gasteiger partial charge in [-0.15, -0.1) is 22.7 Å². The number of hydrogen-bond acceptors (Lipinski definition) is 4. The van der Waals surface area contributed by atoms with Gasteiger partial charge in [-0.3, -0.25) is 0 Å². The van der Waals surface area contributed by atoms with Crippen LogP contribution in [-0.4, -0.2) is 9.97 Å². The molecule has 3 heterocycles. The number of thiophene rings is 1. The number of benzene rings is 2. The van der Waals surface area contributed by atoms with E-state index in [4.69, 9.17) is 9.97 Å². The van der Waals surface area contributed by atoms with E-state index in [0.717, 1.165) is 21.8 Å². The largest absolute Gasteiger partial charge is 0.287 e. The molecule has 5 heteroatoms. The van der Waals surface area contributed by atoms with Crippen molar-refractivity contribution in [1.29, 1.82) is 0 Å². The lowest BCUT2D eigenvalue weighted by molar-refractivity contribution is -0.662. The first-order valence-electron chi connectivity index (χ1n) is 10.5. The molecule has 0 spiro atoms. The van der Waals surface area contributed by atoms with E-state index in [9.17, 15) is 0 Å². The Kier molecular flexibility index (Phi) is 4.72. The summed E-state index contributed by atoms with van der Waals surface area (Å²) in [4.78, 5) is 9.53. The van der Waals surface area contributed by atoms with Crippen LogP contribution in [0.4, 0.5) is 0 Å². The molecule has 0 saturated carbocycles. The van der Waals surface area contributed by atoms with Crippen molar-refractivity contribution in [3.63, 3.8) is 0 Å². The molecule has 2 aromatic carbocycles. The van der Waals surface area contributed by atoms with Gasteiger partial charge in [0.25, 0.3) is 6.33 Å². The standard InChI is InChI=1S/C26H26N3S2/c1-15-12-31-25(28-15)20-13-30-24-22(20)27-14-29(6)23(24)19-11-21(26(3,4)5)18-10-8-7-9-17(18)16(19)2/h7-14H,1-6H3/q+1. The quantitative estimate of drug-likeness (QED) is 0.275.